The van der Waals surface area contributed by atoms with Crippen LogP contribution < -0.4 is 5.32 Å². The molecular formula is C11H23NO2. The third-order valence-electron chi connectivity index (χ3n) is 3.56. The van der Waals surface area contributed by atoms with Crippen LogP contribution in [0.3, 0.4) is 0 Å². The lowest BCUT2D eigenvalue weighted by atomic mass is 9.64. The van der Waals surface area contributed by atoms with Gasteiger partial charge in [-0.1, -0.05) is 27.7 Å². The molecule has 0 aromatic rings. The van der Waals surface area contributed by atoms with Gasteiger partial charge >= 0.3 is 0 Å². The highest BCUT2D eigenvalue weighted by molar-refractivity contribution is 5.01. The Morgan fingerprint density at radius 1 is 1.43 bits per heavy atom. The van der Waals surface area contributed by atoms with Crippen molar-refractivity contribution >= 4 is 0 Å². The minimum atomic E-state index is -0.288. The molecule has 1 aliphatic rings. The second kappa shape index (κ2) is 4.17. The van der Waals surface area contributed by atoms with E-state index in [1.807, 2.05) is 13.8 Å². The van der Waals surface area contributed by atoms with E-state index >= 15 is 0 Å². The van der Waals surface area contributed by atoms with Crippen molar-refractivity contribution in [2.24, 2.45) is 11.3 Å². The van der Waals surface area contributed by atoms with Gasteiger partial charge in [-0.3, -0.25) is 0 Å². The first-order valence-electron chi connectivity index (χ1n) is 5.45. The minimum Gasteiger partial charge on any atom is -0.392 e. The first kappa shape index (κ1) is 12.0. The van der Waals surface area contributed by atoms with Crippen LogP contribution in [0.1, 0.15) is 34.1 Å². The molecule has 0 aliphatic heterocycles. The van der Waals surface area contributed by atoms with Crippen LogP contribution in [-0.2, 0) is 0 Å². The summed E-state index contributed by atoms with van der Waals surface area (Å²) < 4.78 is 0. The summed E-state index contributed by atoms with van der Waals surface area (Å²) in [6, 6.07) is 0.339. The van der Waals surface area contributed by atoms with Crippen molar-refractivity contribution in [3.63, 3.8) is 0 Å². The van der Waals surface area contributed by atoms with Crippen LogP contribution in [0.2, 0.25) is 0 Å². The van der Waals surface area contributed by atoms with Gasteiger partial charge in [0.1, 0.15) is 0 Å². The van der Waals surface area contributed by atoms with Gasteiger partial charge in [-0.05, 0) is 12.3 Å². The number of aliphatic hydroxyl groups is 2. The lowest BCUT2D eigenvalue weighted by molar-refractivity contribution is -0.0757. The average Bonchev–Trinajstić information content (AvgIpc) is 2.11. The Bertz CT molecular complexity index is 192. The smallest absolute Gasteiger partial charge is 0.0687 e. The van der Waals surface area contributed by atoms with Gasteiger partial charge in [0.25, 0.3) is 0 Å². The van der Waals surface area contributed by atoms with Crippen molar-refractivity contribution in [3.8, 4) is 0 Å². The zero-order valence-corrected chi connectivity index (χ0v) is 9.62. The summed E-state index contributed by atoms with van der Waals surface area (Å²) in [5.74, 6) is 0.288. The number of aliphatic hydroxyl groups excluding tert-OH is 2. The van der Waals surface area contributed by atoms with E-state index < -0.39 is 0 Å². The normalized spacial score (nSPS) is 32.8. The average molecular weight is 201 g/mol. The Hall–Kier alpha value is -0.120. The highest BCUT2D eigenvalue weighted by Crippen LogP contribution is 2.40. The third-order valence-corrected chi connectivity index (χ3v) is 3.56. The zero-order valence-electron chi connectivity index (χ0n) is 9.62. The fourth-order valence-corrected chi connectivity index (χ4v) is 1.75. The highest BCUT2D eigenvalue weighted by atomic mass is 16.3. The number of hydrogen-bond donors (Lipinski definition) is 3. The predicted octanol–water partition coefficient (Wildman–Crippen LogP) is 0.752. The van der Waals surface area contributed by atoms with Gasteiger partial charge in [0.15, 0.2) is 0 Å². The SMILES string of the molecule is CC(C)C(O)CNC1CC(O)C1(C)C. The van der Waals surface area contributed by atoms with Crippen LogP contribution in [0.5, 0.6) is 0 Å². The van der Waals surface area contributed by atoms with Crippen LogP contribution in [0.25, 0.3) is 0 Å². The first-order chi connectivity index (χ1) is 6.35. The van der Waals surface area contributed by atoms with Gasteiger partial charge in [-0.15, -0.1) is 0 Å². The summed E-state index contributed by atoms with van der Waals surface area (Å²) in [5.41, 5.74) is -0.0449. The van der Waals surface area contributed by atoms with Crippen molar-refractivity contribution in [3.05, 3.63) is 0 Å². The van der Waals surface area contributed by atoms with E-state index in [1.165, 1.54) is 0 Å². The molecule has 3 heteroatoms. The summed E-state index contributed by atoms with van der Waals surface area (Å²) in [5, 5.41) is 22.4. The molecule has 3 unspecified atom stereocenters. The van der Waals surface area contributed by atoms with Gasteiger partial charge in [0, 0.05) is 18.0 Å². The molecule has 1 aliphatic carbocycles. The van der Waals surface area contributed by atoms with Gasteiger partial charge in [0.05, 0.1) is 12.2 Å². The summed E-state index contributed by atoms with van der Waals surface area (Å²) in [7, 11) is 0. The van der Waals surface area contributed by atoms with Crippen molar-refractivity contribution in [2.75, 3.05) is 6.54 Å². The largest absolute Gasteiger partial charge is 0.392 e. The van der Waals surface area contributed by atoms with Crippen LogP contribution in [0, 0.1) is 11.3 Å². The van der Waals surface area contributed by atoms with Crippen LogP contribution in [0.15, 0.2) is 0 Å². The molecule has 84 valence electrons. The molecule has 0 saturated heterocycles. The molecule has 3 atom stereocenters. The Balaban J connectivity index is 2.27. The van der Waals surface area contributed by atoms with Gasteiger partial charge < -0.3 is 15.5 Å². The van der Waals surface area contributed by atoms with Crippen LogP contribution in [-0.4, -0.2) is 35.0 Å². The molecule has 0 spiro atoms. The van der Waals surface area contributed by atoms with E-state index in [0.717, 1.165) is 6.42 Å². The summed E-state index contributed by atoms with van der Waals surface area (Å²) >= 11 is 0. The number of hydrogen-bond acceptors (Lipinski definition) is 3. The number of rotatable bonds is 4. The molecule has 14 heavy (non-hydrogen) atoms. The van der Waals surface area contributed by atoms with Crippen molar-refractivity contribution in [1.82, 2.24) is 5.32 Å². The van der Waals surface area contributed by atoms with E-state index in [4.69, 9.17) is 0 Å². The molecule has 1 saturated carbocycles. The molecule has 1 rings (SSSR count). The molecule has 0 radical (unpaired) electrons. The van der Waals surface area contributed by atoms with E-state index in [2.05, 4.69) is 19.2 Å². The Morgan fingerprint density at radius 2 is 2.00 bits per heavy atom. The highest BCUT2D eigenvalue weighted by Gasteiger charge is 2.46. The third kappa shape index (κ3) is 2.27. The monoisotopic (exact) mass is 201 g/mol. The summed E-state index contributed by atoms with van der Waals surface area (Å²) in [4.78, 5) is 0. The molecule has 0 amide bonds. The van der Waals surface area contributed by atoms with Crippen LogP contribution >= 0.6 is 0 Å². The second-order valence-corrected chi connectivity index (χ2v) is 5.35. The van der Waals surface area contributed by atoms with Gasteiger partial charge in [-0.25, -0.2) is 0 Å². The van der Waals surface area contributed by atoms with Crippen molar-refractivity contribution in [1.29, 1.82) is 0 Å². The lowest BCUT2D eigenvalue weighted by Crippen LogP contribution is -2.61. The maximum absolute atomic E-state index is 9.61. The first-order valence-corrected chi connectivity index (χ1v) is 5.45. The topological polar surface area (TPSA) is 52.5 Å². The molecule has 0 heterocycles. The van der Waals surface area contributed by atoms with Crippen molar-refractivity contribution in [2.45, 2.75) is 52.4 Å². The Kier molecular flexibility index (Phi) is 3.56. The molecule has 0 aromatic carbocycles. The van der Waals surface area contributed by atoms with E-state index in [0.29, 0.717) is 12.6 Å². The van der Waals surface area contributed by atoms with Crippen molar-refractivity contribution < 1.29 is 10.2 Å². The van der Waals surface area contributed by atoms with Crippen LogP contribution in [0.4, 0.5) is 0 Å². The maximum Gasteiger partial charge on any atom is 0.0687 e. The lowest BCUT2D eigenvalue weighted by Gasteiger charge is -2.50. The Morgan fingerprint density at radius 3 is 2.36 bits per heavy atom. The summed E-state index contributed by atoms with van der Waals surface area (Å²) in [6.45, 7) is 8.75. The molecular weight excluding hydrogens is 178 g/mol. The quantitative estimate of drug-likeness (QED) is 0.629. The van der Waals surface area contributed by atoms with E-state index in [1.54, 1.807) is 0 Å². The standard InChI is InChI=1S/C11H23NO2/c1-7(2)8(13)6-12-9-5-10(14)11(9,3)4/h7-10,12-14H,5-6H2,1-4H3. The molecule has 3 nitrogen and oxygen atoms in total. The second-order valence-electron chi connectivity index (χ2n) is 5.35. The molecule has 0 aromatic heterocycles. The molecule has 0 bridgehead atoms. The van der Waals surface area contributed by atoms with Gasteiger partial charge in [-0.2, -0.15) is 0 Å². The predicted molar refractivity (Wildman–Crippen MR) is 57.0 cm³/mol. The van der Waals surface area contributed by atoms with E-state index in [-0.39, 0.29) is 23.5 Å². The number of nitrogens with one attached hydrogen (secondary N) is 1. The minimum absolute atomic E-state index is 0.0449. The maximum atomic E-state index is 9.61. The summed E-state index contributed by atoms with van der Waals surface area (Å²) in [6.07, 6.45) is 0.317. The zero-order chi connectivity index (χ0) is 10.9. The fraction of sp³-hybridized carbons (Fsp3) is 1.00. The Labute approximate surface area is 86.5 Å². The fourth-order valence-electron chi connectivity index (χ4n) is 1.75. The van der Waals surface area contributed by atoms with E-state index in [9.17, 15) is 10.2 Å². The molecule has 3 N–H and O–H groups in total. The molecule has 1 fully saturated rings. The van der Waals surface area contributed by atoms with Gasteiger partial charge in [0.2, 0.25) is 0 Å².